The Morgan fingerprint density at radius 1 is 1.14 bits per heavy atom. The van der Waals surface area contributed by atoms with Crippen molar-refractivity contribution < 1.29 is 14.6 Å². The first kappa shape index (κ1) is 15.0. The third-order valence-electron chi connectivity index (χ3n) is 3.01. The van der Waals surface area contributed by atoms with Crippen molar-refractivity contribution in [1.82, 2.24) is 0 Å². The average molecular weight is 288 g/mol. The van der Waals surface area contributed by atoms with Gasteiger partial charge in [-0.3, -0.25) is 0 Å². The first-order chi connectivity index (χ1) is 10.2. The van der Waals surface area contributed by atoms with Crippen molar-refractivity contribution in [2.45, 2.75) is 6.54 Å². The van der Waals surface area contributed by atoms with Crippen LogP contribution in [-0.2, 0) is 6.54 Å². The van der Waals surface area contributed by atoms with Gasteiger partial charge in [0.1, 0.15) is 18.1 Å². The third kappa shape index (κ3) is 4.03. The fourth-order valence-electron chi connectivity index (χ4n) is 2.01. The van der Waals surface area contributed by atoms with Crippen LogP contribution >= 0.6 is 0 Å². The minimum Gasteiger partial charge on any atom is -0.496 e. The number of aliphatic hydroxyl groups is 1. The van der Waals surface area contributed by atoms with Crippen molar-refractivity contribution in [3.8, 4) is 11.5 Å². The number of rotatable bonds is 7. The number of para-hydroxylation sites is 1. The number of aliphatic hydroxyl groups excluding tert-OH is 1. The minimum absolute atomic E-state index is 0.0314. The molecule has 0 fully saturated rings. The Balaban J connectivity index is 2.13. The van der Waals surface area contributed by atoms with Crippen LogP contribution < -0.4 is 20.5 Å². The minimum atomic E-state index is -0.0314. The van der Waals surface area contributed by atoms with Crippen LogP contribution in [0.1, 0.15) is 5.56 Å². The molecular weight excluding hydrogens is 268 g/mol. The van der Waals surface area contributed by atoms with E-state index < -0.39 is 0 Å². The van der Waals surface area contributed by atoms with Gasteiger partial charge in [-0.1, -0.05) is 18.2 Å². The molecule has 21 heavy (non-hydrogen) atoms. The smallest absolute Gasteiger partial charge is 0.142 e. The SMILES string of the molecule is COc1ccccc1CNc1cc(N)ccc1OCCO. The summed E-state index contributed by atoms with van der Waals surface area (Å²) in [6.45, 7) is 0.798. The molecule has 0 unspecified atom stereocenters. The highest BCUT2D eigenvalue weighted by Crippen LogP contribution is 2.28. The van der Waals surface area contributed by atoms with Gasteiger partial charge in [0.25, 0.3) is 0 Å². The van der Waals surface area contributed by atoms with E-state index in [1.54, 1.807) is 19.2 Å². The Morgan fingerprint density at radius 3 is 2.71 bits per heavy atom. The second-order valence-electron chi connectivity index (χ2n) is 4.49. The maximum atomic E-state index is 8.86. The quantitative estimate of drug-likeness (QED) is 0.681. The van der Waals surface area contributed by atoms with E-state index in [4.69, 9.17) is 20.3 Å². The van der Waals surface area contributed by atoms with E-state index in [0.717, 1.165) is 17.0 Å². The van der Waals surface area contributed by atoms with Crippen molar-refractivity contribution in [1.29, 1.82) is 0 Å². The highest BCUT2D eigenvalue weighted by molar-refractivity contribution is 5.63. The molecule has 2 aromatic rings. The van der Waals surface area contributed by atoms with Gasteiger partial charge in [-0.25, -0.2) is 0 Å². The number of anilines is 2. The van der Waals surface area contributed by atoms with Crippen LogP contribution in [0.3, 0.4) is 0 Å². The van der Waals surface area contributed by atoms with Gasteiger partial charge in [0.05, 0.1) is 19.4 Å². The van der Waals surface area contributed by atoms with Crippen LogP contribution in [0.4, 0.5) is 11.4 Å². The van der Waals surface area contributed by atoms with Gasteiger partial charge in [0, 0.05) is 17.8 Å². The molecule has 2 aromatic carbocycles. The molecule has 5 nitrogen and oxygen atoms in total. The van der Waals surface area contributed by atoms with Gasteiger partial charge in [-0.05, 0) is 24.3 Å². The second-order valence-corrected chi connectivity index (χ2v) is 4.49. The van der Waals surface area contributed by atoms with Gasteiger partial charge in [-0.15, -0.1) is 0 Å². The van der Waals surface area contributed by atoms with E-state index in [1.165, 1.54) is 0 Å². The topological polar surface area (TPSA) is 76.7 Å². The average Bonchev–Trinajstić information content (AvgIpc) is 2.52. The second kappa shape index (κ2) is 7.40. The molecule has 0 aromatic heterocycles. The standard InChI is InChI=1S/C16H20N2O3/c1-20-15-5-3-2-4-12(15)11-18-14-10-13(17)6-7-16(14)21-9-8-19/h2-7,10,18-19H,8-9,11,17H2,1H3. The predicted molar refractivity (Wildman–Crippen MR) is 83.8 cm³/mol. The lowest BCUT2D eigenvalue weighted by atomic mass is 10.2. The molecule has 0 bridgehead atoms. The molecule has 0 aliphatic rings. The summed E-state index contributed by atoms with van der Waals surface area (Å²) in [5.41, 5.74) is 8.28. The Hall–Kier alpha value is -2.40. The lowest BCUT2D eigenvalue weighted by Gasteiger charge is -2.15. The summed E-state index contributed by atoms with van der Waals surface area (Å²) in [6.07, 6.45) is 0. The lowest BCUT2D eigenvalue weighted by Crippen LogP contribution is -2.07. The number of nitrogen functional groups attached to an aromatic ring is 1. The zero-order chi connectivity index (χ0) is 15.1. The van der Waals surface area contributed by atoms with Crippen LogP contribution in [0.5, 0.6) is 11.5 Å². The molecule has 0 saturated carbocycles. The van der Waals surface area contributed by atoms with Crippen molar-refractivity contribution in [2.24, 2.45) is 0 Å². The zero-order valence-corrected chi connectivity index (χ0v) is 12.0. The maximum absolute atomic E-state index is 8.86. The first-order valence-corrected chi connectivity index (χ1v) is 6.73. The molecule has 0 heterocycles. The molecule has 0 spiro atoms. The number of methoxy groups -OCH3 is 1. The number of benzene rings is 2. The molecule has 0 amide bonds. The zero-order valence-electron chi connectivity index (χ0n) is 12.0. The van der Waals surface area contributed by atoms with Crippen LogP contribution in [0.2, 0.25) is 0 Å². The monoisotopic (exact) mass is 288 g/mol. The Kier molecular flexibility index (Phi) is 5.29. The summed E-state index contributed by atoms with van der Waals surface area (Å²) >= 11 is 0. The van der Waals surface area contributed by atoms with Gasteiger partial charge < -0.3 is 25.6 Å². The normalized spacial score (nSPS) is 10.2. The van der Waals surface area contributed by atoms with E-state index in [9.17, 15) is 0 Å². The molecule has 0 radical (unpaired) electrons. The number of nitrogens with one attached hydrogen (secondary N) is 1. The number of hydrogen-bond acceptors (Lipinski definition) is 5. The van der Waals surface area contributed by atoms with Crippen molar-refractivity contribution in [2.75, 3.05) is 31.4 Å². The molecule has 0 aliphatic heterocycles. The molecule has 0 atom stereocenters. The van der Waals surface area contributed by atoms with Crippen molar-refractivity contribution in [3.05, 3.63) is 48.0 Å². The third-order valence-corrected chi connectivity index (χ3v) is 3.01. The van der Waals surface area contributed by atoms with Crippen molar-refractivity contribution in [3.63, 3.8) is 0 Å². The van der Waals surface area contributed by atoms with Crippen molar-refractivity contribution >= 4 is 11.4 Å². The molecule has 4 N–H and O–H groups in total. The summed E-state index contributed by atoms with van der Waals surface area (Å²) in [5.74, 6) is 1.49. The van der Waals surface area contributed by atoms with Gasteiger partial charge in [0.2, 0.25) is 0 Å². The Morgan fingerprint density at radius 2 is 1.95 bits per heavy atom. The summed E-state index contributed by atoms with van der Waals surface area (Å²) < 4.78 is 10.8. The molecule has 0 aliphatic carbocycles. The predicted octanol–water partition coefficient (Wildman–Crippen LogP) is 2.26. The molecular formula is C16H20N2O3. The Labute approximate surface area is 124 Å². The number of nitrogens with two attached hydrogens (primary N) is 1. The van der Waals surface area contributed by atoms with Crippen LogP contribution in [0.15, 0.2) is 42.5 Å². The van der Waals surface area contributed by atoms with E-state index >= 15 is 0 Å². The maximum Gasteiger partial charge on any atom is 0.142 e. The summed E-state index contributed by atoms with van der Waals surface area (Å²) in [7, 11) is 1.65. The van der Waals surface area contributed by atoms with Crippen LogP contribution in [0.25, 0.3) is 0 Å². The molecule has 112 valence electrons. The lowest BCUT2D eigenvalue weighted by molar-refractivity contribution is 0.202. The highest BCUT2D eigenvalue weighted by Gasteiger charge is 2.06. The van der Waals surface area contributed by atoms with Gasteiger partial charge in [-0.2, -0.15) is 0 Å². The molecule has 0 saturated heterocycles. The van der Waals surface area contributed by atoms with Crippen LogP contribution in [-0.4, -0.2) is 25.4 Å². The van der Waals surface area contributed by atoms with E-state index in [-0.39, 0.29) is 13.2 Å². The van der Waals surface area contributed by atoms with E-state index in [0.29, 0.717) is 18.0 Å². The fourth-order valence-corrected chi connectivity index (χ4v) is 2.01. The summed E-state index contributed by atoms with van der Waals surface area (Å²) in [6, 6.07) is 13.2. The van der Waals surface area contributed by atoms with E-state index in [2.05, 4.69) is 5.32 Å². The number of hydrogen-bond donors (Lipinski definition) is 3. The van der Waals surface area contributed by atoms with Gasteiger partial charge >= 0.3 is 0 Å². The summed E-state index contributed by atoms with van der Waals surface area (Å²) in [4.78, 5) is 0. The molecule has 2 rings (SSSR count). The summed E-state index contributed by atoms with van der Waals surface area (Å²) in [5, 5.41) is 12.2. The molecule has 5 heteroatoms. The van der Waals surface area contributed by atoms with Gasteiger partial charge in [0.15, 0.2) is 0 Å². The van der Waals surface area contributed by atoms with Crippen LogP contribution in [0, 0.1) is 0 Å². The number of ether oxygens (including phenoxy) is 2. The Bertz CT molecular complexity index is 587. The highest BCUT2D eigenvalue weighted by atomic mass is 16.5. The van der Waals surface area contributed by atoms with E-state index in [1.807, 2.05) is 30.3 Å². The first-order valence-electron chi connectivity index (χ1n) is 6.73. The fraction of sp³-hybridized carbons (Fsp3) is 0.250. The largest absolute Gasteiger partial charge is 0.496 e.